The van der Waals surface area contributed by atoms with Crippen molar-refractivity contribution in [2.45, 2.75) is 0 Å². The van der Waals surface area contributed by atoms with E-state index in [4.69, 9.17) is 19.5 Å². The first-order valence-corrected chi connectivity index (χ1v) is 18.5. The highest BCUT2D eigenvalue weighted by Gasteiger charge is 2.25. The Morgan fingerprint density at radius 3 is 2.07 bits per heavy atom. The van der Waals surface area contributed by atoms with Gasteiger partial charge in [-0.05, 0) is 81.6 Å². The third-order valence-electron chi connectivity index (χ3n) is 11.5. The van der Waals surface area contributed by atoms with E-state index in [0.29, 0.717) is 11.5 Å². The molecule has 0 aliphatic heterocycles. The lowest BCUT2D eigenvalue weighted by Crippen LogP contribution is -1.97. The van der Waals surface area contributed by atoms with Crippen molar-refractivity contribution in [3.63, 3.8) is 0 Å². The van der Waals surface area contributed by atoms with Crippen LogP contribution in [-0.4, -0.2) is 24.1 Å². The summed E-state index contributed by atoms with van der Waals surface area (Å²) < 4.78 is 10.6. The van der Waals surface area contributed by atoms with Crippen molar-refractivity contribution >= 4 is 71.2 Å². The van der Waals surface area contributed by atoms with E-state index in [-0.39, 0.29) is 0 Å². The summed E-state index contributed by atoms with van der Waals surface area (Å²) >= 11 is 0. The van der Waals surface area contributed by atoms with Gasteiger partial charge in [0.1, 0.15) is 16.9 Å². The van der Waals surface area contributed by atoms with Crippen LogP contribution in [-0.2, 0) is 0 Å². The van der Waals surface area contributed by atoms with Crippen LogP contribution >= 0.6 is 0 Å². The van der Waals surface area contributed by atoms with Gasteiger partial charge in [-0.1, -0.05) is 115 Å². The van der Waals surface area contributed by atoms with Crippen LogP contribution in [0.5, 0.6) is 0 Å². The molecule has 1 aliphatic rings. The van der Waals surface area contributed by atoms with Crippen LogP contribution in [0.4, 0.5) is 0 Å². The smallest absolute Gasteiger partial charge is 0.182 e. The largest absolute Gasteiger partial charge is 0.456 e. The minimum Gasteiger partial charge on any atom is -0.456 e. The minimum absolute atomic E-state index is 0.634. The zero-order valence-corrected chi connectivity index (χ0v) is 29.2. The SMILES string of the molecule is c1cc(-c2nc3c(-c4cccc5oc6ccccc6c45)nc4ccccc4n3n2)cc(-n2c3cccc4c3c3c5c(cccc5ccc32)-c2ccccc2-4)c1. The molecule has 0 radical (unpaired) electrons. The summed E-state index contributed by atoms with van der Waals surface area (Å²) in [6, 6.07) is 57.8. The Labute approximate surface area is 313 Å². The van der Waals surface area contributed by atoms with E-state index in [1.807, 2.05) is 53.0 Å². The molecular weight excluding hydrogens is 675 g/mol. The predicted molar refractivity (Wildman–Crippen MR) is 223 cm³/mol. The fourth-order valence-corrected chi connectivity index (χ4v) is 9.21. The van der Waals surface area contributed by atoms with Gasteiger partial charge in [0.05, 0.1) is 22.1 Å². The zero-order valence-electron chi connectivity index (χ0n) is 29.2. The van der Waals surface area contributed by atoms with Crippen LogP contribution in [0, 0.1) is 0 Å². The molecule has 0 fully saturated rings. The zero-order chi connectivity index (χ0) is 35.8. The molecule has 0 amide bonds. The second-order valence-electron chi connectivity index (χ2n) is 14.4. The van der Waals surface area contributed by atoms with E-state index in [1.54, 1.807) is 0 Å². The van der Waals surface area contributed by atoms with Crippen LogP contribution in [0.3, 0.4) is 0 Å². The maximum atomic E-state index is 6.28. The summed E-state index contributed by atoms with van der Waals surface area (Å²) in [6.07, 6.45) is 0. The Morgan fingerprint density at radius 2 is 1.15 bits per heavy atom. The van der Waals surface area contributed by atoms with Crippen LogP contribution in [0.25, 0.3) is 122 Å². The summed E-state index contributed by atoms with van der Waals surface area (Å²) in [5.41, 5.74) is 15.2. The van der Waals surface area contributed by atoms with Crippen molar-refractivity contribution < 1.29 is 4.42 Å². The number of aromatic nitrogens is 5. The van der Waals surface area contributed by atoms with Crippen LogP contribution in [0.1, 0.15) is 0 Å². The Morgan fingerprint density at radius 1 is 0.455 bits per heavy atom. The lowest BCUT2D eigenvalue weighted by molar-refractivity contribution is 0.669. The molecule has 12 aromatic rings. The first kappa shape index (κ1) is 28.9. The predicted octanol–water partition coefficient (Wildman–Crippen LogP) is 12.4. The minimum atomic E-state index is 0.634. The van der Waals surface area contributed by atoms with Gasteiger partial charge in [-0.15, -0.1) is 5.10 Å². The van der Waals surface area contributed by atoms with Gasteiger partial charge in [-0.3, -0.25) is 0 Å². The molecule has 4 aromatic heterocycles. The lowest BCUT2D eigenvalue weighted by Gasteiger charge is -2.14. The standard InChI is InChI=1S/C49H27N5O/c1-2-15-32-31(14-1)33-17-8-11-28-25-26-40-46(43(28)33)45-34(32)18-9-22-39(45)53(40)30-13-7-12-29(27-30)48-51-49-47(50-37-20-4-5-21-38(37)54(49)52-48)36-19-10-24-42-44(36)35-16-3-6-23-41(35)55-42/h1-27H. The number of nitrogens with zero attached hydrogens (tertiary/aromatic N) is 5. The Hall–Kier alpha value is -7.57. The first-order chi connectivity index (χ1) is 27.3. The van der Waals surface area contributed by atoms with Gasteiger partial charge < -0.3 is 8.98 Å². The number of fused-ring (bicyclic) bond motifs is 9. The van der Waals surface area contributed by atoms with E-state index in [9.17, 15) is 0 Å². The normalized spacial score (nSPS) is 12.4. The van der Waals surface area contributed by atoms with Gasteiger partial charge in [0.2, 0.25) is 0 Å². The molecule has 0 atom stereocenters. The third-order valence-corrected chi connectivity index (χ3v) is 11.5. The van der Waals surface area contributed by atoms with Crippen molar-refractivity contribution in [1.82, 2.24) is 24.1 Å². The number of benzene rings is 8. The average molecular weight is 702 g/mol. The van der Waals surface area contributed by atoms with Gasteiger partial charge in [-0.25, -0.2) is 14.5 Å². The molecule has 0 unspecified atom stereocenters. The number of para-hydroxylation sites is 3. The molecule has 1 aliphatic carbocycles. The van der Waals surface area contributed by atoms with Crippen molar-refractivity contribution in [3.8, 4) is 50.6 Å². The summed E-state index contributed by atoms with van der Waals surface area (Å²) in [4.78, 5) is 10.5. The second-order valence-corrected chi connectivity index (χ2v) is 14.4. The molecule has 55 heavy (non-hydrogen) atoms. The summed E-state index contributed by atoms with van der Waals surface area (Å²) in [6.45, 7) is 0. The average Bonchev–Trinajstić information content (AvgIpc) is 3.94. The molecule has 6 nitrogen and oxygen atoms in total. The molecule has 0 N–H and O–H groups in total. The summed E-state index contributed by atoms with van der Waals surface area (Å²) in [5, 5.41) is 12.4. The number of furan rings is 1. The highest BCUT2D eigenvalue weighted by Crippen LogP contribution is 2.49. The van der Waals surface area contributed by atoms with Crippen molar-refractivity contribution in [1.29, 1.82) is 0 Å². The maximum absolute atomic E-state index is 6.28. The van der Waals surface area contributed by atoms with Crippen molar-refractivity contribution in [2.24, 2.45) is 0 Å². The maximum Gasteiger partial charge on any atom is 0.182 e. The fraction of sp³-hybridized carbons (Fsp3) is 0. The van der Waals surface area contributed by atoms with Gasteiger partial charge in [0, 0.05) is 38.4 Å². The van der Waals surface area contributed by atoms with E-state index >= 15 is 0 Å². The Kier molecular flexibility index (Phi) is 5.54. The van der Waals surface area contributed by atoms with E-state index in [2.05, 4.69) is 120 Å². The fourth-order valence-electron chi connectivity index (χ4n) is 9.21. The third kappa shape index (κ3) is 3.84. The molecule has 254 valence electrons. The highest BCUT2D eigenvalue weighted by molar-refractivity contribution is 6.30. The van der Waals surface area contributed by atoms with Gasteiger partial charge >= 0.3 is 0 Å². The van der Waals surface area contributed by atoms with E-state index < -0.39 is 0 Å². The summed E-state index contributed by atoms with van der Waals surface area (Å²) in [5.74, 6) is 0.634. The van der Waals surface area contributed by atoms with Crippen LogP contribution in [0.2, 0.25) is 0 Å². The van der Waals surface area contributed by atoms with Gasteiger partial charge in [0.25, 0.3) is 0 Å². The van der Waals surface area contributed by atoms with E-state index in [0.717, 1.165) is 55.5 Å². The quantitative estimate of drug-likeness (QED) is 0.184. The second kappa shape index (κ2) is 10.5. The molecule has 0 saturated heterocycles. The number of rotatable bonds is 3. The lowest BCUT2D eigenvalue weighted by atomic mass is 9.93. The van der Waals surface area contributed by atoms with Crippen molar-refractivity contribution in [2.75, 3.05) is 0 Å². The van der Waals surface area contributed by atoms with Gasteiger partial charge in [0.15, 0.2) is 11.5 Å². The molecule has 6 heteroatoms. The topological polar surface area (TPSA) is 61.1 Å². The van der Waals surface area contributed by atoms with Crippen LogP contribution < -0.4 is 0 Å². The Bertz CT molecular complexity index is 3620. The molecule has 13 rings (SSSR count). The number of hydrogen-bond donors (Lipinski definition) is 0. The molecule has 4 heterocycles. The molecule has 0 saturated carbocycles. The first-order valence-electron chi connectivity index (χ1n) is 18.5. The Balaban J connectivity index is 1.06. The molecular formula is C49H27N5O. The number of hydrogen-bond acceptors (Lipinski definition) is 4. The van der Waals surface area contributed by atoms with Crippen molar-refractivity contribution in [3.05, 3.63) is 164 Å². The molecule has 0 bridgehead atoms. The van der Waals surface area contributed by atoms with E-state index in [1.165, 1.54) is 54.8 Å². The molecule has 0 spiro atoms. The van der Waals surface area contributed by atoms with Gasteiger partial charge in [-0.2, -0.15) is 0 Å². The highest BCUT2D eigenvalue weighted by atomic mass is 16.3. The monoisotopic (exact) mass is 701 g/mol. The molecule has 8 aromatic carbocycles. The summed E-state index contributed by atoms with van der Waals surface area (Å²) in [7, 11) is 0. The van der Waals surface area contributed by atoms with Crippen LogP contribution in [0.15, 0.2) is 168 Å².